The first-order valence-corrected chi connectivity index (χ1v) is 5.55. The number of benzene rings is 1. The molecular formula is C12H13N3O4. The van der Waals surface area contributed by atoms with Gasteiger partial charge in [0.15, 0.2) is 11.5 Å². The molecule has 2 aromatic rings. The lowest BCUT2D eigenvalue weighted by molar-refractivity contribution is -0.571. The summed E-state index contributed by atoms with van der Waals surface area (Å²) in [4.78, 5) is 18.7. The van der Waals surface area contributed by atoms with Gasteiger partial charge >= 0.3 is 0 Å². The highest BCUT2D eigenvalue weighted by Gasteiger charge is 2.12. The number of rotatable bonds is 5. The molecule has 2 rings (SSSR count). The van der Waals surface area contributed by atoms with Crippen molar-refractivity contribution in [3.05, 3.63) is 18.5 Å². The van der Waals surface area contributed by atoms with E-state index in [2.05, 4.69) is 9.97 Å². The minimum atomic E-state index is -1.16. The maximum absolute atomic E-state index is 10.5. The highest BCUT2D eigenvalue weighted by molar-refractivity contribution is 5.88. The van der Waals surface area contributed by atoms with E-state index in [-0.39, 0.29) is 6.54 Å². The van der Waals surface area contributed by atoms with Crippen LogP contribution >= 0.6 is 0 Å². The maximum Gasteiger partial charge on any atom is 0.235 e. The lowest BCUT2D eigenvalue weighted by atomic mass is 10.2. The summed E-state index contributed by atoms with van der Waals surface area (Å²) in [6, 6.07) is 3.43. The van der Waals surface area contributed by atoms with Crippen LogP contribution in [0.2, 0.25) is 0 Å². The fourth-order valence-electron chi connectivity index (χ4n) is 1.75. The Bertz CT molecular complexity index is 615. The number of aliphatic carboxylic acids is 1. The summed E-state index contributed by atoms with van der Waals surface area (Å²) in [5.74, 6) is 0.454. The van der Waals surface area contributed by atoms with Crippen LogP contribution in [0.3, 0.4) is 0 Å². The topological polar surface area (TPSA) is 101 Å². The van der Waals surface area contributed by atoms with Gasteiger partial charge in [-0.2, -0.15) is 4.98 Å². The highest BCUT2D eigenvalue weighted by atomic mass is 16.5. The molecule has 0 radical (unpaired) electrons. The zero-order valence-electron chi connectivity index (χ0n) is 10.5. The monoisotopic (exact) mass is 263 g/mol. The minimum absolute atomic E-state index is 0.208. The van der Waals surface area contributed by atoms with Crippen LogP contribution in [0.15, 0.2) is 18.5 Å². The van der Waals surface area contributed by atoms with E-state index in [1.165, 1.54) is 25.9 Å². The molecule has 0 atom stereocenters. The summed E-state index contributed by atoms with van der Waals surface area (Å²) in [7, 11) is 3.06. The highest BCUT2D eigenvalue weighted by Crippen LogP contribution is 2.32. The van der Waals surface area contributed by atoms with E-state index in [1.54, 1.807) is 12.1 Å². The molecule has 0 aliphatic rings. The van der Waals surface area contributed by atoms with Gasteiger partial charge in [0, 0.05) is 12.1 Å². The summed E-state index contributed by atoms with van der Waals surface area (Å²) >= 11 is 0. The second-order valence-electron chi connectivity index (χ2n) is 3.76. The van der Waals surface area contributed by atoms with E-state index < -0.39 is 5.97 Å². The number of hydrogen-bond donors (Lipinski definition) is 1. The average molecular weight is 263 g/mol. The Kier molecular flexibility index (Phi) is 3.76. The Labute approximate surface area is 109 Å². The number of methoxy groups -OCH3 is 2. The van der Waals surface area contributed by atoms with Crippen molar-refractivity contribution in [2.75, 3.05) is 20.8 Å². The predicted octanol–water partition coefficient (Wildman–Crippen LogP) is -1.41. The van der Waals surface area contributed by atoms with Crippen molar-refractivity contribution in [2.45, 2.75) is 0 Å². The lowest BCUT2D eigenvalue weighted by Crippen LogP contribution is -2.81. The number of carboxylic acids is 1. The third kappa shape index (κ3) is 2.71. The molecule has 0 fully saturated rings. The molecule has 1 aromatic heterocycles. The SMILES string of the molecule is COc1cc2ncnc([NH2+]CC(=O)[O-])c2cc1OC. The number of carboxylic acid groups (broad SMARTS) is 1. The van der Waals surface area contributed by atoms with Gasteiger partial charge in [0.05, 0.1) is 31.1 Å². The van der Waals surface area contributed by atoms with E-state index in [0.29, 0.717) is 28.2 Å². The first-order chi connectivity index (χ1) is 9.15. The molecule has 0 spiro atoms. The molecule has 7 nitrogen and oxygen atoms in total. The zero-order valence-corrected chi connectivity index (χ0v) is 10.5. The summed E-state index contributed by atoms with van der Waals surface area (Å²) in [6.45, 7) is -0.208. The molecule has 0 saturated heterocycles. The predicted molar refractivity (Wildman–Crippen MR) is 64.1 cm³/mol. The molecule has 1 heterocycles. The van der Waals surface area contributed by atoms with Crippen LogP contribution in [0.5, 0.6) is 11.5 Å². The smallest absolute Gasteiger partial charge is 0.235 e. The van der Waals surface area contributed by atoms with Crippen molar-refractivity contribution in [3.8, 4) is 11.5 Å². The van der Waals surface area contributed by atoms with Crippen LogP contribution in [0, 0.1) is 0 Å². The van der Waals surface area contributed by atoms with Crippen LogP contribution in [-0.2, 0) is 4.79 Å². The third-order valence-electron chi connectivity index (χ3n) is 2.63. The number of aromatic nitrogens is 2. The van der Waals surface area contributed by atoms with Gasteiger partial charge in [0.2, 0.25) is 5.82 Å². The van der Waals surface area contributed by atoms with Gasteiger partial charge in [-0.15, -0.1) is 0 Å². The van der Waals surface area contributed by atoms with Crippen LogP contribution in [0.25, 0.3) is 10.9 Å². The first kappa shape index (κ1) is 13.0. The number of nitrogens with zero attached hydrogens (tertiary/aromatic N) is 2. The van der Waals surface area contributed by atoms with Gasteiger partial charge in [-0.25, -0.2) is 4.98 Å². The molecule has 0 aliphatic carbocycles. The van der Waals surface area contributed by atoms with E-state index >= 15 is 0 Å². The summed E-state index contributed by atoms with van der Waals surface area (Å²) in [5.41, 5.74) is 0.650. The second kappa shape index (κ2) is 5.49. The zero-order chi connectivity index (χ0) is 13.8. The fraction of sp³-hybridized carbons (Fsp3) is 0.250. The summed E-state index contributed by atoms with van der Waals surface area (Å²) in [6.07, 6.45) is 1.37. The molecular weight excluding hydrogens is 250 g/mol. The molecule has 7 heteroatoms. The van der Waals surface area contributed by atoms with Crippen LogP contribution in [0.1, 0.15) is 0 Å². The number of carbonyl (C=O) groups is 1. The van der Waals surface area contributed by atoms with Crippen LogP contribution in [0.4, 0.5) is 5.82 Å². The first-order valence-electron chi connectivity index (χ1n) is 5.55. The maximum atomic E-state index is 10.5. The number of nitrogens with two attached hydrogens (primary N) is 1. The number of fused-ring (bicyclic) bond motifs is 1. The Morgan fingerprint density at radius 2 is 1.95 bits per heavy atom. The lowest BCUT2D eigenvalue weighted by Gasteiger charge is -2.09. The Hall–Kier alpha value is -2.41. The third-order valence-corrected chi connectivity index (χ3v) is 2.63. The number of hydrogen-bond acceptors (Lipinski definition) is 6. The van der Waals surface area contributed by atoms with Crippen molar-refractivity contribution in [1.82, 2.24) is 9.97 Å². The molecule has 0 saturated carbocycles. The van der Waals surface area contributed by atoms with Gasteiger partial charge in [0.25, 0.3) is 0 Å². The molecule has 2 N–H and O–H groups in total. The summed E-state index contributed by atoms with van der Waals surface area (Å²) in [5, 5.41) is 12.7. The van der Waals surface area contributed by atoms with Crippen molar-refractivity contribution >= 4 is 22.7 Å². The quantitative estimate of drug-likeness (QED) is 0.711. The van der Waals surface area contributed by atoms with E-state index in [1.807, 2.05) is 0 Å². The molecule has 1 aromatic carbocycles. The van der Waals surface area contributed by atoms with Crippen molar-refractivity contribution < 1.29 is 24.7 Å². The Morgan fingerprint density at radius 1 is 1.26 bits per heavy atom. The molecule has 100 valence electrons. The molecule has 19 heavy (non-hydrogen) atoms. The molecule has 0 amide bonds. The van der Waals surface area contributed by atoms with Crippen LogP contribution in [-0.4, -0.2) is 36.7 Å². The van der Waals surface area contributed by atoms with E-state index in [4.69, 9.17) is 9.47 Å². The standard InChI is InChI=1S/C12H13N3O4/c1-18-9-3-7-8(4-10(9)19-2)14-6-15-12(7)13-5-11(16)17/h3-4,6H,5H2,1-2H3,(H,16,17)(H,13,14,15). The van der Waals surface area contributed by atoms with Gasteiger partial charge in [-0.3, -0.25) is 5.32 Å². The van der Waals surface area contributed by atoms with Gasteiger partial charge in [-0.05, 0) is 0 Å². The number of carbonyl (C=O) groups excluding carboxylic acids is 1. The largest absolute Gasteiger partial charge is 0.544 e. The van der Waals surface area contributed by atoms with E-state index in [9.17, 15) is 9.90 Å². The van der Waals surface area contributed by atoms with Crippen molar-refractivity contribution in [3.63, 3.8) is 0 Å². The normalized spacial score (nSPS) is 10.4. The fourth-order valence-corrected chi connectivity index (χ4v) is 1.75. The summed E-state index contributed by atoms with van der Waals surface area (Å²) < 4.78 is 10.4. The van der Waals surface area contributed by atoms with Crippen LogP contribution < -0.4 is 19.9 Å². The van der Waals surface area contributed by atoms with Gasteiger partial charge < -0.3 is 19.4 Å². The average Bonchev–Trinajstić information content (AvgIpc) is 2.43. The van der Waals surface area contributed by atoms with Crippen molar-refractivity contribution in [1.29, 1.82) is 0 Å². The van der Waals surface area contributed by atoms with Gasteiger partial charge in [-0.1, -0.05) is 0 Å². The van der Waals surface area contributed by atoms with Gasteiger partial charge in [0.1, 0.15) is 12.9 Å². The second-order valence-corrected chi connectivity index (χ2v) is 3.76. The van der Waals surface area contributed by atoms with Crippen molar-refractivity contribution in [2.24, 2.45) is 0 Å². The number of quaternary nitrogens is 1. The minimum Gasteiger partial charge on any atom is -0.544 e. The van der Waals surface area contributed by atoms with E-state index in [0.717, 1.165) is 0 Å². The Balaban J connectivity index is 2.51. The Morgan fingerprint density at radius 3 is 2.58 bits per heavy atom. The molecule has 0 bridgehead atoms. The molecule has 0 aliphatic heterocycles. The molecule has 0 unspecified atom stereocenters. The number of ether oxygens (including phenoxy) is 2.